The molecule has 2 aliphatic rings. The summed E-state index contributed by atoms with van der Waals surface area (Å²) >= 11 is 5.97. The van der Waals surface area contributed by atoms with Gasteiger partial charge in [-0.3, -0.25) is 4.79 Å². The fraction of sp³-hybridized carbons (Fsp3) is 0.500. The third-order valence-corrected chi connectivity index (χ3v) is 5.24. The van der Waals surface area contributed by atoms with Crippen molar-refractivity contribution in [2.24, 2.45) is 5.92 Å². The zero-order valence-corrected chi connectivity index (χ0v) is 14.2. The van der Waals surface area contributed by atoms with E-state index in [9.17, 15) is 4.79 Å². The van der Waals surface area contributed by atoms with E-state index in [0.717, 1.165) is 49.1 Å². The topological polar surface area (TPSA) is 55.3 Å². The molecule has 0 N–H and O–H groups in total. The Balaban J connectivity index is 1.43. The van der Waals surface area contributed by atoms with Crippen molar-refractivity contribution in [2.45, 2.75) is 25.2 Å². The maximum atomic E-state index is 12.5. The molecule has 2 fully saturated rings. The number of halogens is 1. The van der Waals surface area contributed by atoms with Gasteiger partial charge in [-0.25, -0.2) is 9.97 Å². The lowest BCUT2D eigenvalue weighted by atomic mass is 9.92. The number of carbonyl (C=O) groups is 1. The highest BCUT2D eigenvalue weighted by Crippen LogP contribution is 2.29. The van der Waals surface area contributed by atoms with Crippen LogP contribution in [0.25, 0.3) is 11.0 Å². The Morgan fingerprint density at radius 3 is 2.83 bits per heavy atom. The van der Waals surface area contributed by atoms with Gasteiger partial charge in [0.15, 0.2) is 5.65 Å². The average Bonchev–Trinajstić information content (AvgIpc) is 3.15. The minimum Gasteiger partial charge on any atom is -0.381 e. The molecule has 2 aliphatic heterocycles. The first kappa shape index (κ1) is 15.8. The van der Waals surface area contributed by atoms with E-state index in [-0.39, 0.29) is 11.8 Å². The van der Waals surface area contributed by atoms with Crippen LogP contribution in [-0.4, -0.2) is 47.1 Å². The Labute approximate surface area is 146 Å². The quantitative estimate of drug-likeness (QED) is 0.839. The van der Waals surface area contributed by atoms with Gasteiger partial charge in [0.25, 0.3) is 0 Å². The van der Waals surface area contributed by atoms with E-state index < -0.39 is 0 Å². The van der Waals surface area contributed by atoms with Gasteiger partial charge in [0.1, 0.15) is 0 Å². The maximum Gasteiger partial charge on any atom is 0.228 e. The zero-order valence-electron chi connectivity index (χ0n) is 13.4. The van der Waals surface area contributed by atoms with Crippen molar-refractivity contribution >= 4 is 28.5 Å². The summed E-state index contributed by atoms with van der Waals surface area (Å²) in [6, 6.07) is 5.98. The minimum atomic E-state index is 0.0642. The molecule has 4 heterocycles. The molecule has 0 spiro atoms. The van der Waals surface area contributed by atoms with E-state index >= 15 is 0 Å². The van der Waals surface area contributed by atoms with Crippen LogP contribution in [0.1, 0.15) is 30.9 Å². The Hall–Kier alpha value is -1.72. The largest absolute Gasteiger partial charge is 0.381 e. The standard InChI is InChI=1S/C18H20ClN3O2/c19-15-9-13-1-2-16(21-17(13)20-10-15)12-3-6-22(7-4-12)18(23)14-5-8-24-11-14/h1-2,9-10,12,14H,3-8,11H2. The van der Waals surface area contributed by atoms with Gasteiger partial charge in [-0.2, -0.15) is 0 Å². The lowest BCUT2D eigenvalue weighted by Gasteiger charge is -2.33. The van der Waals surface area contributed by atoms with Crippen molar-refractivity contribution in [1.29, 1.82) is 0 Å². The van der Waals surface area contributed by atoms with Crippen molar-refractivity contribution in [1.82, 2.24) is 14.9 Å². The molecular weight excluding hydrogens is 326 g/mol. The third kappa shape index (κ3) is 3.10. The lowest BCUT2D eigenvalue weighted by molar-refractivity contribution is -0.136. The van der Waals surface area contributed by atoms with Crippen molar-refractivity contribution in [3.63, 3.8) is 0 Å². The summed E-state index contributed by atoms with van der Waals surface area (Å²) in [6.45, 7) is 2.89. The average molecular weight is 346 g/mol. The molecule has 5 nitrogen and oxygen atoms in total. The molecule has 2 aromatic heterocycles. The second-order valence-electron chi connectivity index (χ2n) is 6.60. The molecular formula is C18H20ClN3O2. The van der Waals surface area contributed by atoms with Crippen LogP contribution in [0.3, 0.4) is 0 Å². The number of aromatic nitrogens is 2. The van der Waals surface area contributed by atoms with E-state index in [4.69, 9.17) is 21.3 Å². The molecule has 0 radical (unpaired) electrons. The third-order valence-electron chi connectivity index (χ3n) is 5.03. The number of hydrogen-bond donors (Lipinski definition) is 0. The number of nitrogens with zero attached hydrogens (tertiary/aromatic N) is 3. The Morgan fingerprint density at radius 2 is 2.08 bits per heavy atom. The van der Waals surface area contributed by atoms with Crippen molar-refractivity contribution in [2.75, 3.05) is 26.3 Å². The van der Waals surface area contributed by atoms with E-state index in [2.05, 4.69) is 11.1 Å². The molecule has 0 saturated carbocycles. The van der Waals surface area contributed by atoms with Gasteiger partial charge in [0.05, 0.1) is 17.5 Å². The summed E-state index contributed by atoms with van der Waals surface area (Å²) in [6.07, 6.45) is 4.39. The van der Waals surface area contributed by atoms with Crippen LogP contribution in [-0.2, 0) is 9.53 Å². The number of fused-ring (bicyclic) bond motifs is 1. The van der Waals surface area contributed by atoms with E-state index in [0.29, 0.717) is 24.2 Å². The van der Waals surface area contributed by atoms with E-state index in [1.165, 1.54) is 0 Å². The Bertz CT molecular complexity index is 753. The summed E-state index contributed by atoms with van der Waals surface area (Å²) in [5, 5.41) is 1.58. The lowest BCUT2D eigenvalue weighted by Crippen LogP contribution is -2.41. The second kappa shape index (κ2) is 6.65. The van der Waals surface area contributed by atoms with Crippen molar-refractivity contribution < 1.29 is 9.53 Å². The number of hydrogen-bond acceptors (Lipinski definition) is 4. The van der Waals surface area contributed by atoms with Crippen LogP contribution < -0.4 is 0 Å². The SMILES string of the molecule is O=C(C1CCOC1)N1CCC(c2ccc3cc(Cl)cnc3n2)CC1. The highest BCUT2D eigenvalue weighted by molar-refractivity contribution is 6.31. The number of carbonyl (C=O) groups excluding carboxylic acids is 1. The van der Waals surface area contributed by atoms with Gasteiger partial charge in [-0.05, 0) is 37.5 Å². The molecule has 4 rings (SSSR count). The molecule has 6 heteroatoms. The van der Waals surface area contributed by atoms with Crippen LogP contribution in [0.15, 0.2) is 24.4 Å². The smallest absolute Gasteiger partial charge is 0.228 e. The first-order chi connectivity index (χ1) is 11.7. The Morgan fingerprint density at radius 1 is 1.25 bits per heavy atom. The van der Waals surface area contributed by atoms with Crippen molar-refractivity contribution in [3.8, 4) is 0 Å². The summed E-state index contributed by atoms with van der Waals surface area (Å²) < 4.78 is 5.33. The van der Waals surface area contributed by atoms with Gasteiger partial charge in [-0.15, -0.1) is 0 Å². The zero-order chi connectivity index (χ0) is 16.5. The van der Waals surface area contributed by atoms with Crippen LogP contribution >= 0.6 is 11.6 Å². The fourth-order valence-corrected chi connectivity index (χ4v) is 3.78. The summed E-state index contributed by atoms with van der Waals surface area (Å²) in [5.74, 6) is 0.707. The molecule has 0 aliphatic carbocycles. The molecule has 24 heavy (non-hydrogen) atoms. The van der Waals surface area contributed by atoms with Crippen LogP contribution in [0.4, 0.5) is 0 Å². The summed E-state index contributed by atoms with van der Waals surface area (Å²) in [7, 11) is 0. The van der Waals surface area contributed by atoms with Gasteiger partial charge in [0, 0.05) is 42.9 Å². The highest BCUT2D eigenvalue weighted by atomic mass is 35.5. The number of pyridine rings is 2. The van der Waals surface area contributed by atoms with Gasteiger partial charge >= 0.3 is 0 Å². The first-order valence-corrected chi connectivity index (χ1v) is 8.87. The second-order valence-corrected chi connectivity index (χ2v) is 7.03. The number of amides is 1. The maximum absolute atomic E-state index is 12.5. The monoisotopic (exact) mass is 345 g/mol. The molecule has 0 aromatic carbocycles. The fourth-order valence-electron chi connectivity index (χ4n) is 3.61. The highest BCUT2D eigenvalue weighted by Gasteiger charge is 2.31. The molecule has 1 unspecified atom stereocenters. The van der Waals surface area contributed by atoms with E-state index in [1.54, 1.807) is 6.20 Å². The molecule has 2 aromatic rings. The first-order valence-electron chi connectivity index (χ1n) is 8.49. The van der Waals surface area contributed by atoms with Gasteiger partial charge in [-0.1, -0.05) is 11.6 Å². The van der Waals surface area contributed by atoms with Crippen LogP contribution in [0, 0.1) is 5.92 Å². The normalized spacial score (nSPS) is 22.2. The predicted molar refractivity (Wildman–Crippen MR) is 92.0 cm³/mol. The number of ether oxygens (including phenoxy) is 1. The molecule has 1 amide bonds. The molecule has 126 valence electrons. The van der Waals surface area contributed by atoms with Crippen LogP contribution in [0.2, 0.25) is 5.02 Å². The van der Waals surface area contributed by atoms with Crippen molar-refractivity contribution in [3.05, 3.63) is 35.1 Å². The number of piperidine rings is 1. The number of likely N-dealkylation sites (tertiary alicyclic amines) is 1. The minimum absolute atomic E-state index is 0.0642. The molecule has 2 saturated heterocycles. The van der Waals surface area contributed by atoms with E-state index in [1.807, 2.05) is 17.0 Å². The molecule has 0 bridgehead atoms. The predicted octanol–water partition coefficient (Wildman–Crippen LogP) is 3.03. The molecule has 1 atom stereocenters. The van der Waals surface area contributed by atoms with Gasteiger partial charge in [0.2, 0.25) is 5.91 Å². The summed E-state index contributed by atoms with van der Waals surface area (Å²) in [4.78, 5) is 23.5. The van der Waals surface area contributed by atoms with Gasteiger partial charge < -0.3 is 9.64 Å². The Kier molecular flexibility index (Phi) is 4.37. The summed E-state index contributed by atoms with van der Waals surface area (Å²) in [5.41, 5.74) is 1.80. The van der Waals surface area contributed by atoms with Crippen LogP contribution in [0.5, 0.6) is 0 Å². The number of rotatable bonds is 2.